The van der Waals surface area contributed by atoms with Crippen molar-refractivity contribution in [1.82, 2.24) is 0 Å². The first-order valence-corrected chi connectivity index (χ1v) is 6.59. The topological polar surface area (TPSA) is 42.2 Å². The molecule has 0 N–H and O–H groups in total. The van der Waals surface area contributed by atoms with Crippen molar-refractivity contribution in [2.75, 3.05) is 6.61 Å². The van der Waals surface area contributed by atoms with Crippen LogP contribution in [0.3, 0.4) is 0 Å². The van der Waals surface area contributed by atoms with E-state index in [1.165, 1.54) is 5.56 Å². The molecule has 0 aliphatic carbocycles. The van der Waals surface area contributed by atoms with E-state index in [4.69, 9.17) is 14.7 Å². The summed E-state index contributed by atoms with van der Waals surface area (Å²) in [6.07, 6.45) is 4.17. The molecule has 1 aliphatic rings. The second kappa shape index (κ2) is 7.15. The summed E-state index contributed by atoms with van der Waals surface area (Å²) in [5.74, 6) is 0. The average molecular weight is 245 g/mol. The maximum atomic E-state index is 9.10. The third-order valence-corrected chi connectivity index (χ3v) is 3.14. The predicted molar refractivity (Wildman–Crippen MR) is 68.8 cm³/mol. The summed E-state index contributed by atoms with van der Waals surface area (Å²) in [5.41, 5.74) is 1.24. The SMILES string of the molecule is N#CC(CCc1ccccc1)OC1CCCCO1. The van der Waals surface area contributed by atoms with Crippen LogP contribution in [0.2, 0.25) is 0 Å². The molecule has 18 heavy (non-hydrogen) atoms. The fourth-order valence-electron chi connectivity index (χ4n) is 2.11. The Hall–Kier alpha value is -1.37. The molecule has 0 bridgehead atoms. The van der Waals surface area contributed by atoms with E-state index in [1.54, 1.807) is 0 Å². The lowest BCUT2D eigenvalue weighted by atomic mass is 10.1. The Labute approximate surface area is 108 Å². The summed E-state index contributed by atoms with van der Waals surface area (Å²) >= 11 is 0. The zero-order valence-electron chi connectivity index (χ0n) is 10.5. The van der Waals surface area contributed by atoms with Gasteiger partial charge in [0.15, 0.2) is 6.29 Å². The molecule has 0 aromatic heterocycles. The van der Waals surface area contributed by atoms with Crippen LogP contribution in [-0.2, 0) is 15.9 Å². The minimum Gasteiger partial charge on any atom is -0.353 e. The summed E-state index contributed by atoms with van der Waals surface area (Å²) < 4.78 is 11.2. The minimum atomic E-state index is -0.367. The fourth-order valence-corrected chi connectivity index (χ4v) is 2.11. The van der Waals surface area contributed by atoms with Gasteiger partial charge in [-0.1, -0.05) is 30.3 Å². The van der Waals surface area contributed by atoms with Gasteiger partial charge < -0.3 is 9.47 Å². The van der Waals surface area contributed by atoms with Crippen LogP contribution in [0, 0.1) is 11.3 Å². The molecule has 1 aromatic carbocycles. The molecule has 96 valence electrons. The Kier molecular flexibility index (Phi) is 5.19. The van der Waals surface area contributed by atoms with E-state index < -0.39 is 0 Å². The van der Waals surface area contributed by atoms with Crippen LogP contribution >= 0.6 is 0 Å². The normalized spacial score (nSPS) is 21.2. The van der Waals surface area contributed by atoms with Crippen LogP contribution in [-0.4, -0.2) is 19.0 Å². The van der Waals surface area contributed by atoms with Crippen molar-refractivity contribution in [2.24, 2.45) is 0 Å². The molecule has 3 heteroatoms. The van der Waals surface area contributed by atoms with Crippen LogP contribution in [0.15, 0.2) is 30.3 Å². The summed E-state index contributed by atoms with van der Waals surface area (Å²) in [7, 11) is 0. The van der Waals surface area contributed by atoms with Gasteiger partial charge >= 0.3 is 0 Å². The van der Waals surface area contributed by atoms with E-state index in [2.05, 4.69) is 18.2 Å². The highest BCUT2D eigenvalue weighted by molar-refractivity contribution is 5.15. The summed E-state index contributed by atoms with van der Waals surface area (Å²) in [6, 6.07) is 12.4. The maximum Gasteiger partial charge on any atom is 0.159 e. The lowest BCUT2D eigenvalue weighted by Gasteiger charge is -2.24. The number of rotatable bonds is 5. The highest BCUT2D eigenvalue weighted by atomic mass is 16.7. The standard InChI is InChI=1S/C15H19NO2/c16-12-14(18-15-8-4-5-11-17-15)10-9-13-6-2-1-3-7-13/h1-3,6-7,14-15H,4-5,8-11H2. The fraction of sp³-hybridized carbons (Fsp3) is 0.533. The van der Waals surface area contributed by atoms with Crippen molar-refractivity contribution in [3.63, 3.8) is 0 Å². The van der Waals surface area contributed by atoms with Crippen LogP contribution in [0.4, 0.5) is 0 Å². The maximum absolute atomic E-state index is 9.10. The van der Waals surface area contributed by atoms with Crippen LogP contribution in [0.25, 0.3) is 0 Å². The summed E-state index contributed by atoms with van der Waals surface area (Å²) in [6.45, 7) is 0.751. The van der Waals surface area contributed by atoms with Crippen molar-refractivity contribution >= 4 is 0 Å². The zero-order chi connectivity index (χ0) is 12.6. The molecule has 2 atom stereocenters. The van der Waals surface area contributed by atoms with Crippen molar-refractivity contribution in [3.8, 4) is 6.07 Å². The van der Waals surface area contributed by atoms with Gasteiger partial charge in [0.25, 0.3) is 0 Å². The molecule has 0 saturated carbocycles. The molecular formula is C15H19NO2. The van der Waals surface area contributed by atoms with Crippen LogP contribution in [0.1, 0.15) is 31.2 Å². The molecule has 0 amide bonds. The lowest BCUT2D eigenvalue weighted by molar-refractivity contribution is -0.177. The number of nitriles is 1. The van der Waals surface area contributed by atoms with Gasteiger partial charge in [0.2, 0.25) is 0 Å². The largest absolute Gasteiger partial charge is 0.353 e. The second-order valence-corrected chi connectivity index (χ2v) is 4.57. The molecule has 1 saturated heterocycles. The van der Waals surface area contributed by atoms with E-state index in [1.807, 2.05) is 18.2 Å². The van der Waals surface area contributed by atoms with Gasteiger partial charge in [0.1, 0.15) is 6.10 Å². The molecule has 1 fully saturated rings. The number of ether oxygens (including phenoxy) is 2. The molecule has 2 rings (SSSR count). The van der Waals surface area contributed by atoms with Crippen molar-refractivity contribution in [3.05, 3.63) is 35.9 Å². The van der Waals surface area contributed by atoms with Gasteiger partial charge in [-0.05, 0) is 37.7 Å². The third-order valence-electron chi connectivity index (χ3n) is 3.14. The van der Waals surface area contributed by atoms with E-state index in [0.717, 1.165) is 38.7 Å². The Balaban J connectivity index is 1.77. The average Bonchev–Trinajstić information content (AvgIpc) is 2.45. The monoisotopic (exact) mass is 245 g/mol. The van der Waals surface area contributed by atoms with Crippen LogP contribution in [0.5, 0.6) is 0 Å². The third kappa shape index (κ3) is 4.14. The van der Waals surface area contributed by atoms with Gasteiger partial charge in [-0.25, -0.2) is 0 Å². The molecule has 0 radical (unpaired) electrons. The quantitative estimate of drug-likeness (QED) is 0.800. The van der Waals surface area contributed by atoms with E-state index in [9.17, 15) is 0 Å². The van der Waals surface area contributed by atoms with Gasteiger partial charge in [-0.3, -0.25) is 0 Å². The molecule has 2 unspecified atom stereocenters. The molecule has 1 heterocycles. The first kappa shape index (κ1) is 13.1. The lowest BCUT2D eigenvalue weighted by Crippen LogP contribution is -2.27. The number of hydrogen-bond acceptors (Lipinski definition) is 3. The van der Waals surface area contributed by atoms with Gasteiger partial charge in [-0.15, -0.1) is 0 Å². The smallest absolute Gasteiger partial charge is 0.159 e. The highest BCUT2D eigenvalue weighted by Crippen LogP contribution is 2.17. The summed E-state index contributed by atoms with van der Waals surface area (Å²) in [4.78, 5) is 0. The minimum absolute atomic E-state index is 0.181. The predicted octanol–water partition coefficient (Wildman–Crippen LogP) is 3.05. The first-order valence-electron chi connectivity index (χ1n) is 6.59. The molecule has 1 aliphatic heterocycles. The second-order valence-electron chi connectivity index (χ2n) is 4.57. The highest BCUT2D eigenvalue weighted by Gasteiger charge is 2.19. The Morgan fingerprint density at radius 1 is 1.33 bits per heavy atom. The molecule has 0 spiro atoms. The van der Waals surface area contributed by atoms with Gasteiger partial charge in [-0.2, -0.15) is 5.26 Å². The Bertz CT molecular complexity index is 379. The zero-order valence-corrected chi connectivity index (χ0v) is 10.5. The molecule has 1 aromatic rings. The Morgan fingerprint density at radius 3 is 2.83 bits per heavy atom. The first-order chi connectivity index (χ1) is 8.88. The van der Waals surface area contributed by atoms with E-state index >= 15 is 0 Å². The Morgan fingerprint density at radius 2 is 2.17 bits per heavy atom. The van der Waals surface area contributed by atoms with Crippen molar-refractivity contribution in [1.29, 1.82) is 5.26 Å². The number of aryl methyl sites for hydroxylation is 1. The van der Waals surface area contributed by atoms with Gasteiger partial charge in [0.05, 0.1) is 6.07 Å². The molecule has 3 nitrogen and oxygen atoms in total. The van der Waals surface area contributed by atoms with E-state index in [0.29, 0.717) is 0 Å². The molecular weight excluding hydrogens is 226 g/mol. The summed E-state index contributed by atoms with van der Waals surface area (Å²) in [5, 5.41) is 9.10. The number of benzene rings is 1. The number of hydrogen-bond donors (Lipinski definition) is 0. The van der Waals surface area contributed by atoms with Crippen LogP contribution < -0.4 is 0 Å². The van der Waals surface area contributed by atoms with Gasteiger partial charge in [0, 0.05) is 6.61 Å². The number of nitrogens with zero attached hydrogens (tertiary/aromatic N) is 1. The van der Waals surface area contributed by atoms with Crippen molar-refractivity contribution < 1.29 is 9.47 Å². The van der Waals surface area contributed by atoms with Crippen molar-refractivity contribution in [2.45, 2.75) is 44.5 Å². The van der Waals surface area contributed by atoms with E-state index in [-0.39, 0.29) is 12.4 Å².